The van der Waals surface area contributed by atoms with E-state index in [1.807, 2.05) is 31.6 Å². The molecule has 6 heteroatoms. The molecule has 112 valence electrons. The molecule has 0 bridgehead atoms. The van der Waals surface area contributed by atoms with Crippen LogP contribution in [0.4, 0.5) is 5.82 Å². The van der Waals surface area contributed by atoms with Crippen molar-refractivity contribution in [3.05, 3.63) is 41.6 Å². The highest BCUT2D eigenvalue weighted by Crippen LogP contribution is 2.16. The van der Waals surface area contributed by atoms with Gasteiger partial charge >= 0.3 is 0 Å². The maximum absolute atomic E-state index is 5.88. The average molecular weight is 306 g/mol. The molecule has 0 aliphatic carbocycles. The zero-order chi connectivity index (χ0) is 14.7. The molecule has 0 spiro atoms. The lowest BCUT2D eigenvalue weighted by Gasteiger charge is -2.35. The summed E-state index contributed by atoms with van der Waals surface area (Å²) >= 11 is 5.88. The molecular formula is C15H20ClN5. The van der Waals surface area contributed by atoms with Gasteiger partial charge in [-0.15, -0.1) is 0 Å². The monoisotopic (exact) mass is 305 g/mol. The number of halogens is 1. The van der Waals surface area contributed by atoms with Gasteiger partial charge in [-0.05, 0) is 12.1 Å². The van der Waals surface area contributed by atoms with Gasteiger partial charge in [0.15, 0.2) is 0 Å². The van der Waals surface area contributed by atoms with E-state index in [1.54, 1.807) is 6.20 Å². The summed E-state index contributed by atoms with van der Waals surface area (Å²) in [5.41, 5.74) is 0. The fourth-order valence-electron chi connectivity index (χ4n) is 2.65. The van der Waals surface area contributed by atoms with Gasteiger partial charge < -0.3 is 9.47 Å². The van der Waals surface area contributed by atoms with E-state index in [2.05, 4.69) is 24.3 Å². The summed E-state index contributed by atoms with van der Waals surface area (Å²) in [6.45, 7) is 5.21. The Morgan fingerprint density at radius 3 is 2.57 bits per heavy atom. The minimum Gasteiger partial charge on any atom is -0.354 e. The van der Waals surface area contributed by atoms with Crippen LogP contribution in [-0.2, 0) is 13.5 Å². The highest BCUT2D eigenvalue weighted by Gasteiger charge is 2.18. The summed E-state index contributed by atoms with van der Waals surface area (Å²) < 4.78 is 2.09. The Balaban J connectivity index is 1.49. The van der Waals surface area contributed by atoms with E-state index in [1.165, 1.54) is 0 Å². The van der Waals surface area contributed by atoms with Crippen LogP contribution in [0, 0.1) is 0 Å². The molecule has 21 heavy (non-hydrogen) atoms. The van der Waals surface area contributed by atoms with E-state index in [0.717, 1.165) is 50.8 Å². The standard InChI is InChI=1S/C15H20ClN5/c1-19-7-5-17-14(19)4-6-20-8-10-21(11-9-20)15-3-2-13(16)12-18-15/h2-3,5,7,12H,4,6,8-11H2,1H3. The average Bonchev–Trinajstić information content (AvgIpc) is 2.92. The SMILES string of the molecule is Cn1ccnc1CCN1CCN(c2ccc(Cl)cn2)CC1. The first-order valence-corrected chi connectivity index (χ1v) is 7.65. The van der Waals surface area contributed by atoms with E-state index < -0.39 is 0 Å². The third-order valence-electron chi connectivity index (χ3n) is 3.98. The number of pyridine rings is 1. The van der Waals surface area contributed by atoms with Crippen LogP contribution in [0.5, 0.6) is 0 Å². The quantitative estimate of drug-likeness (QED) is 0.864. The summed E-state index contributed by atoms with van der Waals surface area (Å²) in [5, 5.41) is 0.687. The number of anilines is 1. The largest absolute Gasteiger partial charge is 0.354 e. The van der Waals surface area contributed by atoms with Gasteiger partial charge in [-0.2, -0.15) is 0 Å². The molecular weight excluding hydrogens is 286 g/mol. The van der Waals surface area contributed by atoms with Crippen molar-refractivity contribution in [3.8, 4) is 0 Å². The van der Waals surface area contributed by atoms with Crippen molar-refractivity contribution < 1.29 is 0 Å². The molecule has 2 aromatic rings. The lowest BCUT2D eigenvalue weighted by Crippen LogP contribution is -2.47. The number of rotatable bonds is 4. The molecule has 1 saturated heterocycles. The van der Waals surface area contributed by atoms with Gasteiger partial charge in [0, 0.05) is 64.8 Å². The third kappa shape index (κ3) is 3.54. The molecule has 1 aliphatic heterocycles. The molecule has 0 amide bonds. The molecule has 5 nitrogen and oxygen atoms in total. The van der Waals surface area contributed by atoms with E-state index in [0.29, 0.717) is 5.02 Å². The zero-order valence-corrected chi connectivity index (χ0v) is 13.0. The number of hydrogen-bond donors (Lipinski definition) is 0. The highest BCUT2D eigenvalue weighted by molar-refractivity contribution is 6.30. The molecule has 0 unspecified atom stereocenters. The molecule has 1 fully saturated rings. The normalized spacial score (nSPS) is 16.4. The van der Waals surface area contributed by atoms with Gasteiger partial charge in [0.1, 0.15) is 11.6 Å². The Kier molecular flexibility index (Phi) is 4.41. The van der Waals surface area contributed by atoms with E-state index in [4.69, 9.17) is 11.6 Å². The number of aromatic nitrogens is 3. The van der Waals surface area contributed by atoms with Gasteiger partial charge in [-0.1, -0.05) is 11.6 Å². The first-order chi connectivity index (χ1) is 10.2. The van der Waals surface area contributed by atoms with E-state index in [9.17, 15) is 0 Å². The zero-order valence-electron chi connectivity index (χ0n) is 12.2. The van der Waals surface area contributed by atoms with Crippen molar-refractivity contribution in [2.45, 2.75) is 6.42 Å². The van der Waals surface area contributed by atoms with Crippen LogP contribution >= 0.6 is 11.6 Å². The van der Waals surface area contributed by atoms with Crippen LogP contribution in [0.1, 0.15) is 5.82 Å². The van der Waals surface area contributed by atoms with Crippen molar-refractivity contribution in [2.24, 2.45) is 7.05 Å². The first-order valence-electron chi connectivity index (χ1n) is 7.27. The highest BCUT2D eigenvalue weighted by atomic mass is 35.5. The Bertz CT molecular complexity index is 572. The smallest absolute Gasteiger partial charge is 0.128 e. The van der Waals surface area contributed by atoms with Crippen LogP contribution in [0.25, 0.3) is 0 Å². The van der Waals surface area contributed by atoms with E-state index >= 15 is 0 Å². The van der Waals surface area contributed by atoms with Crippen LogP contribution in [0.3, 0.4) is 0 Å². The molecule has 1 aliphatic rings. The second-order valence-corrected chi connectivity index (χ2v) is 5.80. The van der Waals surface area contributed by atoms with Crippen LogP contribution in [-0.4, -0.2) is 52.2 Å². The summed E-state index contributed by atoms with van der Waals surface area (Å²) in [5.74, 6) is 2.17. The fraction of sp³-hybridized carbons (Fsp3) is 0.467. The Labute approximate surface area is 130 Å². The lowest BCUT2D eigenvalue weighted by molar-refractivity contribution is 0.258. The molecule has 2 aromatic heterocycles. The number of nitrogens with zero attached hydrogens (tertiary/aromatic N) is 5. The summed E-state index contributed by atoms with van der Waals surface area (Å²) in [4.78, 5) is 13.6. The molecule has 3 heterocycles. The van der Waals surface area contributed by atoms with Crippen molar-refractivity contribution in [3.63, 3.8) is 0 Å². The van der Waals surface area contributed by atoms with Gasteiger partial charge in [-0.3, -0.25) is 4.90 Å². The second-order valence-electron chi connectivity index (χ2n) is 5.37. The molecule has 0 saturated carbocycles. The minimum absolute atomic E-state index is 0.687. The summed E-state index contributed by atoms with van der Waals surface area (Å²) in [6, 6.07) is 3.89. The predicted octanol–water partition coefficient (Wildman–Crippen LogP) is 1.83. The van der Waals surface area contributed by atoms with Crippen LogP contribution in [0.15, 0.2) is 30.7 Å². The van der Waals surface area contributed by atoms with Crippen molar-refractivity contribution in [1.82, 2.24) is 19.4 Å². The summed E-state index contributed by atoms with van der Waals surface area (Å²) in [6.07, 6.45) is 6.58. The van der Waals surface area contributed by atoms with Crippen molar-refractivity contribution in [2.75, 3.05) is 37.6 Å². The van der Waals surface area contributed by atoms with E-state index in [-0.39, 0.29) is 0 Å². The number of hydrogen-bond acceptors (Lipinski definition) is 4. The van der Waals surface area contributed by atoms with Gasteiger partial charge in [0.05, 0.1) is 5.02 Å². The molecule has 0 N–H and O–H groups in total. The minimum atomic E-state index is 0.687. The number of piperazine rings is 1. The molecule has 0 aromatic carbocycles. The summed E-state index contributed by atoms with van der Waals surface area (Å²) in [7, 11) is 2.05. The number of aryl methyl sites for hydroxylation is 1. The molecule has 0 radical (unpaired) electrons. The number of imidazole rings is 1. The van der Waals surface area contributed by atoms with Gasteiger partial charge in [0.2, 0.25) is 0 Å². The first kappa shape index (κ1) is 14.4. The van der Waals surface area contributed by atoms with Crippen LogP contribution < -0.4 is 4.90 Å². The Morgan fingerprint density at radius 1 is 1.14 bits per heavy atom. The van der Waals surface area contributed by atoms with Crippen molar-refractivity contribution >= 4 is 17.4 Å². The lowest BCUT2D eigenvalue weighted by atomic mass is 10.2. The fourth-order valence-corrected chi connectivity index (χ4v) is 2.76. The maximum Gasteiger partial charge on any atom is 0.128 e. The topological polar surface area (TPSA) is 37.2 Å². The predicted molar refractivity (Wildman–Crippen MR) is 84.8 cm³/mol. The molecule has 0 atom stereocenters. The van der Waals surface area contributed by atoms with Gasteiger partial charge in [-0.25, -0.2) is 9.97 Å². The Hall–Kier alpha value is -1.59. The molecule has 3 rings (SSSR count). The van der Waals surface area contributed by atoms with Crippen molar-refractivity contribution in [1.29, 1.82) is 0 Å². The van der Waals surface area contributed by atoms with Crippen LogP contribution in [0.2, 0.25) is 5.02 Å². The Morgan fingerprint density at radius 2 is 1.95 bits per heavy atom. The maximum atomic E-state index is 5.88. The third-order valence-corrected chi connectivity index (χ3v) is 4.20. The second kappa shape index (κ2) is 6.45. The van der Waals surface area contributed by atoms with Gasteiger partial charge in [0.25, 0.3) is 0 Å².